The maximum Gasteiger partial charge on any atom is 0.490 e. The lowest BCUT2D eigenvalue weighted by molar-refractivity contribution is -0.209. The van der Waals surface area contributed by atoms with Gasteiger partial charge < -0.3 is 35.7 Å². The highest BCUT2D eigenvalue weighted by Crippen LogP contribution is 2.18. The maximum absolute atomic E-state index is 12.5. The molecule has 194 valence electrons. The first kappa shape index (κ1) is 29.8. The summed E-state index contributed by atoms with van der Waals surface area (Å²) in [5, 5.41) is 2.65. The molecule has 0 aliphatic rings. The minimum absolute atomic E-state index is 0.0469. The number of alkyl halides is 3. The second kappa shape index (κ2) is 17.2. The molecule has 1 aromatic carbocycles. The summed E-state index contributed by atoms with van der Waals surface area (Å²) < 4.78 is 58.0. The van der Waals surface area contributed by atoms with Crippen LogP contribution in [-0.4, -0.2) is 76.3 Å². The number of carbonyl (C=O) groups excluding carboxylic acids is 2. The molecule has 0 radical (unpaired) electrons. The van der Waals surface area contributed by atoms with Crippen molar-refractivity contribution in [2.24, 2.45) is 11.5 Å². The zero-order chi connectivity index (χ0) is 25.2. The summed E-state index contributed by atoms with van der Waals surface area (Å²) in [5.41, 5.74) is 12.0. The molecule has 0 fully saturated rings. The van der Waals surface area contributed by atoms with E-state index in [9.17, 15) is 22.8 Å². The summed E-state index contributed by atoms with van der Waals surface area (Å²) in [6.07, 6.45) is -4.22. The molecule has 0 saturated carbocycles. The molecule has 0 aromatic heterocycles. The monoisotopic (exact) mass is 493 g/mol. The Morgan fingerprint density at radius 2 is 1.65 bits per heavy atom. The molecule has 5 N–H and O–H groups in total. The van der Waals surface area contributed by atoms with Crippen LogP contribution < -0.4 is 16.8 Å². The van der Waals surface area contributed by atoms with E-state index >= 15 is 0 Å². The Labute approximate surface area is 197 Å². The predicted octanol–water partition coefficient (Wildman–Crippen LogP) is 1.28. The molecular formula is C22H34F3N3O6. The molecule has 0 bridgehead atoms. The van der Waals surface area contributed by atoms with Crippen LogP contribution in [-0.2, 0) is 35.1 Å². The summed E-state index contributed by atoms with van der Waals surface area (Å²) in [6, 6.07) is 8.40. The Bertz CT molecular complexity index is 694. The van der Waals surface area contributed by atoms with Crippen molar-refractivity contribution < 1.29 is 41.7 Å². The Balaban J connectivity index is 2.23. The summed E-state index contributed by atoms with van der Waals surface area (Å²) in [7, 11) is 0. The minimum atomic E-state index is -5.11. The molecule has 1 aromatic rings. The number of hydrogen-bond donors (Lipinski definition) is 3. The van der Waals surface area contributed by atoms with Gasteiger partial charge in [0.15, 0.2) is 0 Å². The van der Waals surface area contributed by atoms with Gasteiger partial charge in [-0.05, 0) is 24.9 Å². The second-order valence-electron chi connectivity index (χ2n) is 7.40. The van der Waals surface area contributed by atoms with Gasteiger partial charge in [-0.15, -0.1) is 0 Å². The van der Waals surface area contributed by atoms with Crippen LogP contribution in [0.15, 0.2) is 30.3 Å². The van der Waals surface area contributed by atoms with Crippen LogP contribution in [0, 0.1) is 0 Å². The summed E-state index contributed by atoms with van der Waals surface area (Å²) >= 11 is 0. The number of unbranched alkanes of at least 4 members (excludes halogenated alkanes) is 1. The lowest BCUT2D eigenvalue weighted by Gasteiger charge is -2.19. The topological polar surface area (TPSA) is 135 Å². The van der Waals surface area contributed by atoms with Gasteiger partial charge in [0, 0.05) is 6.54 Å². The van der Waals surface area contributed by atoms with Crippen molar-refractivity contribution in [3.63, 3.8) is 0 Å². The van der Waals surface area contributed by atoms with E-state index in [0.717, 1.165) is 18.4 Å². The molecule has 1 rings (SSSR count). The molecule has 0 heterocycles. The maximum atomic E-state index is 12.5. The molecule has 2 atom stereocenters. The highest BCUT2D eigenvalue weighted by molar-refractivity contribution is 5.81. The first-order valence-corrected chi connectivity index (χ1v) is 11.0. The van der Waals surface area contributed by atoms with Crippen LogP contribution in [0.2, 0.25) is 0 Å². The van der Waals surface area contributed by atoms with Crippen molar-refractivity contribution >= 4 is 11.9 Å². The van der Waals surface area contributed by atoms with Crippen molar-refractivity contribution in [3.8, 4) is 0 Å². The van der Waals surface area contributed by atoms with Crippen LogP contribution in [0.1, 0.15) is 24.8 Å². The fraction of sp³-hybridized carbons (Fsp3) is 0.636. The average molecular weight is 494 g/mol. The van der Waals surface area contributed by atoms with E-state index in [1.807, 2.05) is 6.07 Å². The van der Waals surface area contributed by atoms with Gasteiger partial charge in [-0.3, -0.25) is 4.79 Å². The van der Waals surface area contributed by atoms with Crippen LogP contribution in [0.5, 0.6) is 0 Å². The molecule has 12 heteroatoms. The first-order chi connectivity index (χ1) is 16.2. The number of nitrogens with one attached hydrogen (secondary N) is 1. The van der Waals surface area contributed by atoms with E-state index in [1.54, 1.807) is 24.3 Å². The zero-order valence-corrected chi connectivity index (χ0v) is 19.1. The van der Waals surface area contributed by atoms with Crippen LogP contribution in [0.3, 0.4) is 0 Å². The molecular weight excluding hydrogens is 459 g/mol. The fourth-order valence-corrected chi connectivity index (χ4v) is 2.67. The largest absolute Gasteiger partial charge is 0.490 e. The van der Waals surface area contributed by atoms with Crippen molar-refractivity contribution in [1.29, 1.82) is 0 Å². The summed E-state index contributed by atoms with van der Waals surface area (Å²) in [5.74, 6) is -2.58. The van der Waals surface area contributed by atoms with Gasteiger partial charge in [0.2, 0.25) is 5.91 Å². The predicted molar refractivity (Wildman–Crippen MR) is 118 cm³/mol. The van der Waals surface area contributed by atoms with Gasteiger partial charge in [0.1, 0.15) is 6.10 Å². The number of amides is 1. The number of nitrogens with two attached hydrogens (primary N) is 2. The van der Waals surface area contributed by atoms with E-state index in [0.29, 0.717) is 13.0 Å². The molecule has 9 nitrogen and oxygen atoms in total. The third-order valence-corrected chi connectivity index (χ3v) is 4.45. The van der Waals surface area contributed by atoms with Crippen LogP contribution in [0.25, 0.3) is 0 Å². The normalized spacial score (nSPS) is 13.3. The van der Waals surface area contributed by atoms with Gasteiger partial charge in [-0.25, -0.2) is 4.79 Å². The molecule has 34 heavy (non-hydrogen) atoms. The van der Waals surface area contributed by atoms with E-state index in [1.165, 1.54) is 0 Å². The summed E-state index contributed by atoms with van der Waals surface area (Å²) in [6.45, 7) is 0.765. The number of esters is 1. The van der Waals surface area contributed by atoms with Gasteiger partial charge in [0.25, 0.3) is 0 Å². The molecule has 1 amide bonds. The van der Waals surface area contributed by atoms with E-state index in [-0.39, 0.29) is 52.1 Å². The molecule has 0 unspecified atom stereocenters. The average Bonchev–Trinajstić information content (AvgIpc) is 2.80. The highest BCUT2D eigenvalue weighted by Gasteiger charge is 2.42. The van der Waals surface area contributed by atoms with Crippen molar-refractivity contribution in [3.05, 3.63) is 35.9 Å². The van der Waals surface area contributed by atoms with Gasteiger partial charge in [-0.1, -0.05) is 36.8 Å². The molecule has 0 aliphatic carbocycles. The van der Waals surface area contributed by atoms with E-state index < -0.39 is 24.3 Å². The Kier molecular flexibility index (Phi) is 15.1. The molecule has 0 spiro atoms. The standard InChI is InChI=1S/C22H34F3N3O6/c23-22(24,25)21(30)34-18(16-33-14-17-6-2-1-3-7-17)15-32-13-12-31-11-10-28-20(29)19(27)8-4-5-9-26/h1-3,6-7,18-19H,4-5,8-16,26-27H2,(H,28,29)/t18-,19-/m0/s1. The van der Waals surface area contributed by atoms with E-state index in [2.05, 4.69) is 10.1 Å². The second-order valence-corrected chi connectivity index (χ2v) is 7.40. The number of carbonyl (C=O) groups is 2. The number of hydrogen-bond acceptors (Lipinski definition) is 8. The zero-order valence-electron chi connectivity index (χ0n) is 19.1. The summed E-state index contributed by atoms with van der Waals surface area (Å²) in [4.78, 5) is 23.0. The fourth-order valence-electron chi connectivity index (χ4n) is 2.67. The number of ether oxygens (including phenoxy) is 4. The quantitative estimate of drug-likeness (QED) is 0.206. The number of benzene rings is 1. The van der Waals surface area contributed by atoms with Crippen LogP contribution >= 0.6 is 0 Å². The smallest absolute Gasteiger partial charge is 0.451 e. The Morgan fingerprint density at radius 1 is 0.971 bits per heavy atom. The lowest BCUT2D eigenvalue weighted by Crippen LogP contribution is -2.41. The lowest BCUT2D eigenvalue weighted by atomic mass is 10.1. The molecule has 0 saturated heterocycles. The van der Waals surface area contributed by atoms with Gasteiger partial charge in [-0.2, -0.15) is 13.2 Å². The highest BCUT2D eigenvalue weighted by atomic mass is 19.4. The molecule has 0 aliphatic heterocycles. The SMILES string of the molecule is NCCCC[C@H](N)C(=O)NCCOCCOC[C@@H](COCc1ccccc1)OC(=O)C(F)(F)F. The van der Waals surface area contributed by atoms with Crippen molar-refractivity contribution in [2.45, 2.75) is 44.2 Å². The Morgan fingerprint density at radius 3 is 2.32 bits per heavy atom. The Hall–Kier alpha value is -2.25. The number of rotatable bonds is 18. The van der Waals surface area contributed by atoms with Gasteiger partial charge in [0.05, 0.1) is 45.7 Å². The third kappa shape index (κ3) is 14.1. The van der Waals surface area contributed by atoms with Crippen molar-refractivity contribution in [2.75, 3.05) is 46.1 Å². The minimum Gasteiger partial charge on any atom is -0.451 e. The number of halogens is 3. The van der Waals surface area contributed by atoms with E-state index in [4.69, 9.17) is 25.7 Å². The first-order valence-electron chi connectivity index (χ1n) is 11.0. The third-order valence-electron chi connectivity index (χ3n) is 4.45. The van der Waals surface area contributed by atoms with Crippen molar-refractivity contribution in [1.82, 2.24) is 5.32 Å². The van der Waals surface area contributed by atoms with Crippen LogP contribution in [0.4, 0.5) is 13.2 Å². The van der Waals surface area contributed by atoms with Gasteiger partial charge >= 0.3 is 12.1 Å².